The molecule has 0 unspecified atom stereocenters. The summed E-state index contributed by atoms with van der Waals surface area (Å²) < 4.78 is 0.919. The Morgan fingerprint density at radius 2 is 2.00 bits per heavy atom. The number of halogens is 1. The van der Waals surface area contributed by atoms with E-state index in [1.54, 1.807) is 17.3 Å². The average molecular weight is 390 g/mol. The first-order valence-corrected chi connectivity index (χ1v) is 8.50. The largest absolute Gasteiger partial charge is 0.354 e. The van der Waals surface area contributed by atoms with Gasteiger partial charge in [-0.05, 0) is 23.3 Å². The van der Waals surface area contributed by atoms with E-state index in [2.05, 4.69) is 26.2 Å². The molecule has 0 radical (unpaired) electrons. The summed E-state index contributed by atoms with van der Waals surface area (Å²) in [6.45, 7) is 2.90. The molecule has 0 spiro atoms. The van der Waals surface area contributed by atoms with Crippen molar-refractivity contribution in [2.24, 2.45) is 0 Å². The molecule has 6 heteroatoms. The molecule has 2 aromatic rings. The van der Waals surface area contributed by atoms with Crippen LogP contribution in [0.25, 0.3) is 0 Å². The van der Waals surface area contributed by atoms with Crippen LogP contribution in [-0.2, 0) is 22.6 Å². The molecular weight excluding hydrogens is 370 g/mol. The molecule has 0 saturated carbocycles. The Hall–Kier alpha value is -2.21. The van der Waals surface area contributed by atoms with Crippen LogP contribution in [0.5, 0.6) is 0 Å². The smallest absolute Gasteiger partial charge is 0.224 e. The number of nitrogens with one attached hydrogen (secondary N) is 1. The van der Waals surface area contributed by atoms with Crippen molar-refractivity contribution < 1.29 is 9.59 Å². The summed E-state index contributed by atoms with van der Waals surface area (Å²) in [5.41, 5.74) is 1.90. The van der Waals surface area contributed by atoms with E-state index in [1.807, 2.05) is 36.4 Å². The van der Waals surface area contributed by atoms with Crippen molar-refractivity contribution >= 4 is 27.7 Å². The quantitative estimate of drug-likeness (QED) is 0.791. The number of hydrogen-bond acceptors (Lipinski definition) is 3. The van der Waals surface area contributed by atoms with Crippen LogP contribution in [0.1, 0.15) is 18.1 Å². The second-order valence-electron chi connectivity index (χ2n) is 5.42. The predicted molar refractivity (Wildman–Crippen MR) is 96.2 cm³/mol. The number of hydrogen-bond donors (Lipinski definition) is 1. The van der Waals surface area contributed by atoms with Crippen molar-refractivity contribution in [1.29, 1.82) is 0 Å². The maximum Gasteiger partial charge on any atom is 0.224 e. The summed E-state index contributed by atoms with van der Waals surface area (Å²) in [5.74, 6) is -0.0920. The van der Waals surface area contributed by atoms with Gasteiger partial charge in [-0.2, -0.15) is 0 Å². The van der Waals surface area contributed by atoms with Gasteiger partial charge in [0.15, 0.2) is 0 Å². The molecule has 2 amide bonds. The van der Waals surface area contributed by atoms with E-state index >= 15 is 0 Å². The van der Waals surface area contributed by atoms with E-state index in [4.69, 9.17) is 0 Å². The summed E-state index contributed by atoms with van der Waals surface area (Å²) in [5, 5.41) is 2.86. The third-order valence-electron chi connectivity index (χ3n) is 3.55. The second-order valence-corrected chi connectivity index (χ2v) is 6.27. The van der Waals surface area contributed by atoms with Gasteiger partial charge in [0, 0.05) is 43.4 Å². The van der Waals surface area contributed by atoms with Gasteiger partial charge in [-0.15, -0.1) is 0 Å². The van der Waals surface area contributed by atoms with Crippen LogP contribution in [0.3, 0.4) is 0 Å². The first-order valence-electron chi connectivity index (χ1n) is 7.71. The summed E-state index contributed by atoms with van der Waals surface area (Å²) in [7, 11) is 0. The number of carbonyl (C=O) groups is 2. The Morgan fingerprint density at radius 3 is 2.67 bits per heavy atom. The Morgan fingerprint density at radius 1 is 1.21 bits per heavy atom. The van der Waals surface area contributed by atoms with Gasteiger partial charge in [0.1, 0.15) is 0 Å². The lowest BCUT2D eigenvalue weighted by atomic mass is 10.1. The maximum absolute atomic E-state index is 12.0. The van der Waals surface area contributed by atoms with Crippen molar-refractivity contribution in [3.05, 3.63) is 64.4 Å². The lowest BCUT2D eigenvalue weighted by molar-refractivity contribution is -0.130. The summed E-state index contributed by atoms with van der Waals surface area (Å²) in [6, 6.07) is 11.4. The molecule has 0 saturated heterocycles. The minimum atomic E-state index is -0.0632. The van der Waals surface area contributed by atoms with Crippen LogP contribution in [-0.4, -0.2) is 34.8 Å². The molecule has 0 atom stereocenters. The molecule has 0 aliphatic heterocycles. The van der Waals surface area contributed by atoms with Gasteiger partial charge in [-0.3, -0.25) is 14.6 Å². The lowest BCUT2D eigenvalue weighted by Crippen LogP contribution is -2.37. The number of aromatic nitrogens is 1. The fourth-order valence-electron chi connectivity index (χ4n) is 2.27. The standard InChI is InChI=1S/C18H20BrN3O2/c1-14(23)22(13-15-5-4-8-20-12-15)10-9-21-18(24)11-16-6-2-3-7-17(16)19/h2-8,12H,9-11,13H2,1H3,(H,21,24). The molecule has 0 bridgehead atoms. The van der Waals surface area contributed by atoms with Crippen LogP contribution in [0, 0.1) is 0 Å². The van der Waals surface area contributed by atoms with Gasteiger partial charge in [0.05, 0.1) is 6.42 Å². The zero-order valence-electron chi connectivity index (χ0n) is 13.5. The minimum Gasteiger partial charge on any atom is -0.354 e. The third-order valence-corrected chi connectivity index (χ3v) is 4.33. The van der Waals surface area contributed by atoms with E-state index in [1.165, 1.54) is 6.92 Å². The van der Waals surface area contributed by atoms with Crippen molar-refractivity contribution in [3.63, 3.8) is 0 Å². The summed E-state index contributed by atoms with van der Waals surface area (Å²) >= 11 is 3.43. The number of benzene rings is 1. The number of pyridine rings is 1. The highest BCUT2D eigenvalue weighted by Crippen LogP contribution is 2.16. The van der Waals surface area contributed by atoms with E-state index in [0.29, 0.717) is 26.1 Å². The zero-order valence-corrected chi connectivity index (χ0v) is 15.1. The van der Waals surface area contributed by atoms with Gasteiger partial charge in [-0.25, -0.2) is 0 Å². The highest BCUT2D eigenvalue weighted by molar-refractivity contribution is 9.10. The van der Waals surface area contributed by atoms with E-state index in [-0.39, 0.29) is 11.8 Å². The Bertz CT molecular complexity index is 692. The SMILES string of the molecule is CC(=O)N(CCNC(=O)Cc1ccccc1Br)Cc1cccnc1. The fraction of sp³-hybridized carbons (Fsp3) is 0.278. The normalized spacial score (nSPS) is 10.2. The monoisotopic (exact) mass is 389 g/mol. The van der Waals surface area contributed by atoms with Crippen LogP contribution in [0.4, 0.5) is 0 Å². The highest BCUT2D eigenvalue weighted by Gasteiger charge is 2.11. The first kappa shape index (κ1) is 18.1. The second kappa shape index (κ2) is 9.17. The molecule has 1 aromatic heterocycles. The first-order chi connectivity index (χ1) is 11.6. The van der Waals surface area contributed by atoms with Crippen molar-refractivity contribution in [2.75, 3.05) is 13.1 Å². The summed E-state index contributed by atoms with van der Waals surface area (Å²) in [4.78, 5) is 29.5. The van der Waals surface area contributed by atoms with Crippen molar-refractivity contribution in [1.82, 2.24) is 15.2 Å². The topological polar surface area (TPSA) is 62.3 Å². The fourth-order valence-corrected chi connectivity index (χ4v) is 2.69. The van der Waals surface area contributed by atoms with Gasteiger partial charge < -0.3 is 10.2 Å². The number of rotatable bonds is 7. The molecule has 126 valence electrons. The molecule has 1 N–H and O–H groups in total. The minimum absolute atomic E-state index is 0.0288. The van der Waals surface area contributed by atoms with Crippen LogP contribution >= 0.6 is 15.9 Å². The molecule has 5 nitrogen and oxygen atoms in total. The molecule has 2 rings (SSSR count). The Labute approximate surface area is 150 Å². The van der Waals surface area contributed by atoms with Crippen molar-refractivity contribution in [3.8, 4) is 0 Å². The average Bonchev–Trinajstić information content (AvgIpc) is 2.57. The van der Waals surface area contributed by atoms with Gasteiger partial charge >= 0.3 is 0 Å². The third kappa shape index (κ3) is 5.77. The maximum atomic E-state index is 12.0. The molecule has 1 heterocycles. The number of nitrogens with zero attached hydrogens (tertiary/aromatic N) is 2. The molecule has 0 aliphatic carbocycles. The van der Waals surface area contributed by atoms with Crippen LogP contribution in [0.2, 0.25) is 0 Å². The Kier molecular flexibility index (Phi) is 6.93. The Balaban J connectivity index is 1.81. The lowest BCUT2D eigenvalue weighted by Gasteiger charge is -2.21. The van der Waals surface area contributed by atoms with Crippen LogP contribution < -0.4 is 5.32 Å². The number of carbonyl (C=O) groups excluding carboxylic acids is 2. The molecule has 1 aromatic carbocycles. The number of amides is 2. The highest BCUT2D eigenvalue weighted by atomic mass is 79.9. The van der Waals surface area contributed by atoms with E-state index in [9.17, 15) is 9.59 Å². The summed E-state index contributed by atoms with van der Waals surface area (Å²) in [6.07, 6.45) is 3.75. The molecule has 0 aliphatic rings. The van der Waals surface area contributed by atoms with Crippen molar-refractivity contribution in [2.45, 2.75) is 19.9 Å². The van der Waals surface area contributed by atoms with Gasteiger partial charge in [0.2, 0.25) is 11.8 Å². The predicted octanol–water partition coefficient (Wildman–Crippen LogP) is 2.55. The van der Waals surface area contributed by atoms with Gasteiger partial charge in [-0.1, -0.05) is 40.2 Å². The molecule has 0 fully saturated rings. The molecular formula is C18H20BrN3O2. The van der Waals surface area contributed by atoms with Gasteiger partial charge in [0.25, 0.3) is 0 Å². The van der Waals surface area contributed by atoms with Crippen LogP contribution in [0.15, 0.2) is 53.3 Å². The van der Waals surface area contributed by atoms with E-state index < -0.39 is 0 Å². The molecule has 24 heavy (non-hydrogen) atoms. The zero-order chi connectivity index (χ0) is 17.4. The van der Waals surface area contributed by atoms with E-state index in [0.717, 1.165) is 15.6 Å².